The lowest BCUT2D eigenvalue weighted by Crippen LogP contribution is -2.47. The molecule has 1 aliphatic rings. The number of hydrazine groups is 1. The summed E-state index contributed by atoms with van der Waals surface area (Å²) in [5.74, 6) is -0.599. The monoisotopic (exact) mass is 387 g/mol. The number of amides is 1. The molecule has 0 radical (unpaired) electrons. The van der Waals surface area contributed by atoms with Crippen molar-refractivity contribution in [2.75, 3.05) is 13.7 Å². The normalized spacial score (nSPS) is 18.9. The van der Waals surface area contributed by atoms with E-state index in [-0.39, 0.29) is 18.5 Å². The second-order valence-electron chi connectivity index (χ2n) is 6.44. The first-order valence-electron chi connectivity index (χ1n) is 8.73. The highest BCUT2D eigenvalue weighted by atomic mass is 35.5. The number of nitrogens with one attached hydrogen (secondary N) is 2. The molecule has 0 aliphatic carbocycles. The zero-order chi connectivity index (χ0) is 19.2. The molecule has 3 rings (SSSR count). The van der Waals surface area contributed by atoms with E-state index in [0.717, 1.165) is 11.1 Å². The Bertz CT molecular complexity index is 800. The maximum absolute atomic E-state index is 13.0. The van der Waals surface area contributed by atoms with Gasteiger partial charge in [0.2, 0.25) is 5.91 Å². The second-order valence-corrected chi connectivity index (χ2v) is 6.88. The van der Waals surface area contributed by atoms with E-state index in [2.05, 4.69) is 10.9 Å². The Hall–Kier alpha value is -2.41. The lowest BCUT2D eigenvalue weighted by atomic mass is 10.0. The molecule has 1 aliphatic heterocycles. The van der Waals surface area contributed by atoms with Crippen LogP contribution >= 0.6 is 11.6 Å². The highest BCUT2D eigenvalue weighted by molar-refractivity contribution is 6.30. The maximum Gasteiger partial charge on any atom is 0.325 e. The van der Waals surface area contributed by atoms with Crippen molar-refractivity contribution >= 4 is 23.5 Å². The predicted molar refractivity (Wildman–Crippen MR) is 103 cm³/mol. The number of rotatable bonds is 6. The zero-order valence-corrected chi connectivity index (χ0v) is 15.8. The zero-order valence-electron chi connectivity index (χ0n) is 15.0. The van der Waals surface area contributed by atoms with Gasteiger partial charge >= 0.3 is 5.97 Å². The Morgan fingerprint density at radius 3 is 2.63 bits per heavy atom. The van der Waals surface area contributed by atoms with Crippen LogP contribution in [0.4, 0.5) is 0 Å². The minimum absolute atomic E-state index is 0.0330. The highest BCUT2D eigenvalue weighted by Gasteiger charge is 2.33. The van der Waals surface area contributed by atoms with E-state index in [0.29, 0.717) is 18.0 Å². The van der Waals surface area contributed by atoms with Crippen LogP contribution < -0.4 is 10.9 Å². The summed E-state index contributed by atoms with van der Waals surface area (Å²) in [6.07, 6.45) is 0.561. The summed E-state index contributed by atoms with van der Waals surface area (Å²) in [6.45, 7) is 0.249. The maximum atomic E-state index is 13.0. The Labute approximate surface area is 163 Å². The summed E-state index contributed by atoms with van der Waals surface area (Å²) >= 11 is 6.06. The number of methoxy groups -OCH3 is 1. The highest BCUT2D eigenvalue weighted by Crippen LogP contribution is 2.25. The minimum Gasteiger partial charge on any atom is -0.468 e. The summed E-state index contributed by atoms with van der Waals surface area (Å²) < 4.78 is 4.75. The van der Waals surface area contributed by atoms with Crippen molar-refractivity contribution in [1.82, 2.24) is 15.8 Å². The van der Waals surface area contributed by atoms with Crippen LogP contribution in [0.5, 0.6) is 0 Å². The summed E-state index contributed by atoms with van der Waals surface area (Å²) in [4.78, 5) is 26.3. The number of carbonyl (C=O) groups excluding carboxylic acids is 2. The number of nitrogens with zero attached hydrogens (tertiary/aromatic N) is 1. The van der Waals surface area contributed by atoms with E-state index < -0.39 is 12.0 Å². The van der Waals surface area contributed by atoms with Gasteiger partial charge in [0.1, 0.15) is 12.6 Å². The average molecular weight is 388 g/mol. The third-order valence-electron chi connectivity index (χ3n) is 4.53. The molecule has 7 heteroatoms. The minimum atomic E-state index is -0.448. The SMILES string of the molecule is COC(=O)CN(Cc1ccccc1)C(=O)C1CC(c2cccc(Cl)c2)NN1. The average Bonchev–Trinajstić information content (AvgIpc) is 3.18. The molecule has 1 fully saturated rings. The van der Waals surface area contributed by atoms with Crippen molar-refractivity contribution in [3.8, 4) is 0 Å². The molecule has 2 atom stereocenters. The van der Waals surface area contributed by atoms with E-state index in [1.54, 1.807) is 0 Å². The van der Waals surface area contributed by atoms with Gasteiger partial charge in [0.25, 0.3) is 0 Å². The third-order valence-corrected chi connectivity index (χ3v) is 4.76. The van der Waals surface area contributed by atoms with Gasteiger partial charge in [0, 0.05) is 17.6 Å². The van der Waals surface area contributed by atoms with Gasteiger partial charge in [-0.2, -0.15) is 0 Å². The van der Waals surface area contributed by atoms with Crippen LogP contribution in [0.15, 0.2) is 54.6 Å². The summed E-state index contributed by atoms with van der Waals surface area (Å²) in [5, 5.41) is 0.653. The van der Waals surface area contributed by atoms with Crippen molar-refractivity contribution in [3.63, 3.8) is 0 Å². The van der Waals surface area contributed by atoms with Crippen LogP contribution in [0.2, 0.25) is 5.02 Å². The Kier molecular flexibility index (Phi) is 6.45. The van der Waals surface area contributed by atoms with E-state index >= 15 is 0 Å². The van der Waals surface area contributed by atoms with Crippen molar-refractivity contribution in [1.29, 1.82) is 0 Å². The van der Waals surface area contributed by atoms with Gasteiger partial charge in [0.05, 0.1) is 7.11 Å². The van der Waals surface area contributed by atoms with Crippen LogP contribution in [-0.4, -0.2) is 36.5 Å². The molecular weight excluding hydrogens is 366 g/mol. The smallest absolute Gasteiger partial charge is 0.325 e. The number of hydrogen-bond acceptors (Lipinski definition) is 5. The van der Waals surface area contributed by atoms with Gasteiger partial charge in [-0.3, -0.25) is 9.59 Å². The molecule has 2 unspecified atom stereocenters. The van der Waals surface area contributed by atoms with Crippen molar-refractivity contribution in [2.45, 2.75) is 25.0 Å². The third kappa shape index (κ3) is 5.07. The van der Waals surface area contributed by atoms with E-state index in [4.69, 9.17) is 16.3 Å². The van der Waals surface area contributed by atoms with Crippen LogP contribution in [0, 0.1) is 0 Å². The Balaban J connectivity index is 1.70. The van der Waals surface area contributed by atoms with Crippen LogP contribution in [-0.2, 0) is 20.9 Å². The molecule has 27 heavy (non-hydrogen) atoms. The largest absolute Gasteiger partial charge is 0.468 e. The lowest BCUT2D eigenvalue weighted by Gasteiger charge is -2.24. The first-order valence-corrected chi connectivity index (χ1v) is 9.10. The molecule has 2 aromatic carbocycles. The molecule has 0 spiro atoms. The number of hydrogen-bond donors (Lipinski definition) is 2. The molecule has 1 amide bonds. The van der Waals surface area contributed by atoms with E-state index in [1.807, 2.05) is 54.6 Å². The number of benzene rings is 2. The molecule has 6 nitrogen and oxygen atoms in total. The summed E-state index contributed by atoms with van der Waals surface area (Å²) in [5.41, 5.74) is 8.15. The molecule has 2 aromatic rings. The van der Waals surface area contributed by atoms with Gasteiger partial charge in [-0.15, -0.1) is 0 Å². The van der Waals surface area contributed by atoms with Crippen LogP contribution in [0.25, 0.3) is 0 Å². The fourth-order valence-corrected chi connectivity index (χ4v) is 3.32. The van der Waals surface area contributed by atoms with Gasteiger partial charge in [-0.05, 0) is 29.7 Å². The Morgan fingerprint density at radius 1 is 1.15 bits per heavy atom. The van der Waals surface area contributed by atoms with Gasteiger partial charge in [-0.1, -0.05) is 54.1 Å². The van der Waals surface area contributed by atoms with Gasteiger partial charge < -0.3 is 9.64 Å². The standard InChI is InChI=1S/C20H22ClN3O3/c1-27-19(25)13-24(12-14-6-3-2-4-7-14)20(26)18-11-17(22-23-18)15-8-5-9-16(21)10-15/h2-10,17-18,22-23H,11-13H2,1H3. The number of carbonyl (C=O) groups is 2. The van der Waals surface area contributed by atoms with Crippen molar-refractivity contribution in [2.24, 2.45) is 0 Å². The molecular formula is C20H22ClN3O3. The predicted octanol–water partition coefficient (Wildman–Crippen LogP) is 2.45. The van der Waals surface area contributed by atoms with E-state index in [1.165, 1.54) is 12.0 Å². The fraction of sp³-hybridized carbons (Fsp3) is 0.300. The second kappa shape index (κ2) is 8.99. The fourth-order valence-electron chi connectivity index (χ4n) is 3.12. The van der Waals surface area contributed by atoms with Gasteiger partial charge in [-0.25, -0.2) is 10.9 Å². The Morgan fingerprint density at radius 2 is 1.93 bits per heavy atom. The molecule has 0 aromatic heterocycles. The quantitative estimate of drug-likeness (QED) is 0.745. The number of esters is 1. The van der Waals surface area contributed by atoms with Crippen molar-refractivity contribution in [3.05, 3.63) is 70.7 Å². The molecule has 0 saturated carbocycles. The van der Waals surface area contributed by atoms with Gasteiger partial charge in [0.15, 0.2) is 0 Å². The number of halogens is 1. The molecule has 0 bridgehead atoms. The van der Waals surface area contributed by atoms with Crippen molar-refractivity contribution < 1.29 is 14.3 Å². The van der Waals surface area contributed by atoms with Crippen LogP contribution in [0.1, 0.15) is 23.6 Å². The molecule has 1 saturated heterocycles. The van der Waals surface area contributed by atoms with Crippen LogP contribution in [0.3, 0.4) is 0 Å². The molecule has 142 valence electrons. The number of ether oxygens (including phenoxy) is 1. The molecule has 2 N–H and O–H groups in total. The summed E-state index contributed by atoms with van der Waals surface area (Å²) in [7, 11) is 1.32. The first kappa shape index (κ1) is 19.4. The molecule has 1 heterocycles. The first-order chi connectivity index (χ1) is 13.1. The lowest BCUT2D eigenvalue weighted by molar-refractivity contribution is -0.148. The summed E-state index contributed by atoms with van der Waals surface area (Å²) in [6, 6.07) is 16.6. The topological polar surface area (TPSA) is 70.7 Å². The van der Waals surface area contributed by atoms with E-state index in [9.17, 15) is 9.59 Å².